The lowest BCUT2D eigenvalue weighted by Gasteiger charge is -2.24. The summed E-state index contributed by atoms with van der Waals surface area (Å²) in [5, 5.41) is 5.63. The first-order valence-electron chi connectivity index (χ1n) is 7.69. The number of aryl methyl sites for hydroxylation is 2. The normalized spacial score (nSPS) is 10.9. The number of hydrogen-bond donors (Lipinski definition) is 2. The van der Waals surface area contributed by atoms with Crippen molar-refractivity contribution in [2.75, 3.05) is 11.9 Å². The van der Waals surface area contributed by atoms with Crippen LogP contribution in [-0.4, -0.2) is 18.4 Å². The van der Waals surface area contributed by atoms with Crippen molar-refractivity contribution in [2.45, 2.75) is 40.5 Å². The van der Waals surface area contributed by atoms with Crippen molar-refractivity contribution in [2.24, 2.45) is 5.41 Å². The number of hydrogen-bond acceptors (Lipinski definition) is 2. The number of rotatable bonds is 7. The molecule has 4 nitrogen and oxygen atoms in total. The summed E-state index contributed by atoms with van der Waals surface area (Å²) in [7, 11) is 0. The molecule has 0 fully saturated rings. The van der Waals surface area contributed by atoms with Gasteiger partial charge in [-0.25, -0.2) is 0 Å². The van der Waals surface area contributed by atoms with Gasteiger partial charge in [-0.15, -0.1) is 6.58 Å². The second-order valence-electron chi connectivity index (χ2n) is 5.74. The lowest BCUT2D eigenvalue weighted by molar-refractivity contribution is -0.138. The molecule has 1 aromatic rings. The minimum absolute atomic E-state index is 0.301. The van der Waals surface area contributed by atoms with Gasteiger partial charge in [-0.05, 0) is 37.8 Å². The van der Waals surface area contributed by atoms with E-state index in [4.69, 9.17) is 0 Å². The van der Waals surface area contributed by atoms with Crippen LogP contribution in [0.5, 0.6) is 0 Å². The van der Waals surface area contributed by atoms with Gasteiger partial charge < -0.3 is 10.6 Å². The van der Waals surface area contributed by atoms with Crippen LogP contribution in [0.1, 0.15) is 38.8 Å². The summed E-state index contributed by atoms with van der Waals surface area (Å²) < 4.78 is 0. The molecule has 0 bridgehead atoms. The van der Waals surface area contributed by atoms with Crippen molar-refractivity contribution in [3.05, 3.63) is 42.0 Å². The molecular formula is C18H26N2O2. The van der Waals surface area contributed by atoms with E-state index in [0.29, 0.717) is 6.54 Å². The summed E-state index contributed by atoms with van der Waals surface area (Å²) in [4.78, 5) is 24.7. The highest BCUT2D eigenvalue weighted by molar-refractivity contribution is 6.10. The molecule has 22 heavy (non-hydrogen) atoms. The number of amides is 2. The molecule has 0 aliphatic heterocycles. The van der Waals surface area contributed by atoms with Crippen LogP contribution in [0.4, 0.5) is 5.69 Å². The largest absolute Gasteiger partial charge is 0.352 e. The average Bonchev–Trinajstić information content (AvgIpc) is 2.52. The number of para-hydroxylation sites is 1. The number of anilines is 1. The zero-order valence-electron chi connectivity index (χ0n) is 14.0. The Hall–Kier alpha value is -2.10. The molecule has 0 radical (unpaired) electrons. The van der Waals surface area contributed by atoms with Crippen molar-refractivity contribution in [1.29, 1.82) is 0 Å². The third kappa shape index (κ3) is 3.97. The van der Waals surface area contributed by atoms with Crippen LogP contribution in [0.15, 0.2) is 30.9 Å². The van der Waals surface area contributed by atoms with Gasteiger partial charge in [-0.3, -0.25) is 9.59 Å². The Kier molecular flexibility index (Phi) is 6.35. The topological polar surface area (TPSA) is 58.2 Å². The van der Waals surface area contributed by atoms with Gasteiger partial charge in [-0.1, -0.05) is 38.1 Å². The van der Waals surface area contributed by atoms with Crippen molar-refractivity contribution in [3.63, 3.8) is 0 Å². The molecule has 0 aliphatic carbocycles. The molecular weight excluding hydrogens is 276 g/mol. The van der Waals surface area contributed by atoms with Gasteiger partial charge >= 0.3 is 0 Å². The van der Waals surface area contributed by atoms with E-state index in [1.165, 1.54) is 0 Å². The van der Waals surface area contributed by atoms with Gasteiger partial charge in [0.15, 0.2) is 0 Å². The maximum absolute atomic E-state index is 12.6. The standard InChI is InChI=1S/C18H26N2O2/c1-6-12-19-16(21)18(4,5)17(22)20-15-13(7-2)10-9-11-14(15)8-3/h6,9-11H,1,7-8,12H2,2-5H3,(H,19,21)(H,20,22). The zero-order valence-corrected chi connectivity index (χ0v) is 14.0. The van der Waals surface area contributed by atoms with Crippen LogP contribution in [0.3, 0.4) is 0 Å². The van der Waals surface area contributed by atoms with Gasteiger partial charge in [0.1, 0.15) is 5.41 Å². The molecule has 120 valence electrons. The first kappa shape index (κ1) is 18.0. The smallest absolute Gasteiger partial charge is 0.239 e. The molecule has 0 aliphatic rings. The Morgan fingerprint density at radius 1 is 1.14 bits per heavy atom. The van der Waals surface area contributed by atoms with Crippen molar-refractivity contribution >= 4 is 17.5 Å². The third-order valence-corrected chi connectivity index (χ3v) is 3.78. The molecule has 0 heterocycles. The Balaban J connectivity index is 3.01. The van der Waals surface area contributed by atoms with E-state index in [1.54, 1.807) is 19.9 Å². The predicted molar refractivity (Wildman–Crippen MR) is 90.8 cm³/mol. The summed E-state index contributed by atoms with van der Waals surface area (Å²) in [6.07, 6.45) is 3.24. The molecule has 0 saturated carbocycles. The van der Waals surface area contributed by atoms with Crippen molar-refractivity contribution < 1.29 is 9.59 Å². The van der Waals surface area contributed by atoms with Crippen LogP contribution < -0.4 is 10.6 Å². The van der Waals surface area contributed by atoms with Crippen molar-refractivity contribution in [1.82, 2.24) is 5.32 Å². The van der Waals surface area contributed by atoms with Crippen LogP contribution in [-0.2, 0) is 22.4 Å². The minimum Gasteiger partial charge on any atom is -0.352 e. The number of nitrogens with one attached hydrogen (secondary N) is 2. The average molecular weight is 302 g/mol. The highest BCUT2D eigenvalue weighted by atomic mass is 16.2. The van der Waals surface area contributed by atoms with E-state index < -0.39 is 5.41 Å². The van der Waals surface area contributed by atoms with Crippen LogP contribution in [0, 0.1) is 5.41 Å². The third-order valence-electron chi connectivity index (χ3n) is 3.78. The van der Waals surface area contributed by atoms with Gasteiger partial charge in [0.2, 0.25) is 11.8 Å². The second-order valence-corrected chi connectivity index (χ2v) is 5.74. The van der Waals surface area contributed by atoms with Gasteiger partial charge in [-0.2, -0.15) is 0 Å². The van der Waals surface area contributed by atoms with E-state index in [9.17, 15) is 9.59 Å². The lowest BCUT2D eigenvalue weighted by atomic mass is 9.90. The molecule has 2 amide bonds. The highest BCUT2D eigenvalue weighted by Crippen LogP contribution is 2.26. The van der Waals surface area contributed by atoms with E-state index in [0.717, 1.165) is 29.7 Å². The second kappa shape index (κ2) is 7.78. The first-order chi connectivity index (χ1) is 10.4. The lowest BCUT2D eigenvalue weighted by Crippen LogP contribution is -2.45. The summed E-state index contributed by atoms with van der Waals surface area (Å²) >= 11 is 0. The maximum atomic E-state index is 12.6. The zero-order chi connectivity index (χ0) is 16.8. The molecule has 0 spiro atoms. The van der Waals surface area contributed by atoms with E-state index in [-0.39, 0.29) is 11.8 Å². The summed E-state index contributed by atoms with van der Waals surface area (Å²) in [5.41, 5.74) is 1.85. The molecule has 2 N–H and O–H groups in total. The Morgan fingerprint density at radius 2 is 1.68 bits per heavy atom. The van der Waals surface area contributed by atoms with Crippen LogP contribution in [0.25, 0.3) is 0 Å². The molecule has 0 atom stereocenters. The quantitative estimate of drug-likeness (QED) is 0.600. The molecule has 0 unspecified atom stereocenters. The van der Waals surface area contributed by atoms with E-state index >= 15 is 0 Å². The van der Waals surface area contributed by atoms with Crippen LogP contribution >= 0.6 is 0 Å². The monoisotopic (exact) mass is 302 g/mol. The number of carbonyl (C=O) groups is 2. The Bertz CT molecular complexity index is 540. The van der Waals surface area contributed by atoms with Crippen molar-refractivity contribution in [3.8, 4) is 0 Å². The molecule has 1 rings (SSSR count). The first-order valence-corrected chi connectivity index (χ1v) is 7.69. The number of benzene rings is 1. The SMILES string of the molecule is C=CCNC(=O)C(C)(C)C(=O)Nc1c(CC)cccc1CC. The maximum Gasteiger partial charge on any atom is 0.239 e. The summed E-state index contributed by atoms with van der Waals surface area (Å²) in [6, 6.07) is 5.99. The van der Waals surface area contributed by atoms with Crippen LogP contribution in [0.2, 0.25) is 0 Å². The van der Waals surface area contributed by atoms with Gasteiger partial charge in [0.05, 0.1) is 0 Å². The molecule has 0 saturated heterocycles. The Morgan fingerprint density at radius 3 is 2.14 bits per heavy atom. The van der Waals surface area contributed by atoms with E-state index in [1.807, 2.05) is 32.0 Å². The van der Waals surface area contributed by atoms with Gasteiger partial charge in [0, 0.05) is 12.2 Å². The molecule has 1 aromatic carbocycles. The fourth-order valence-electron chi connectivity index (χ4n) is 2.16. The fourth-order valence-corrected chi connectivity index (χ4v) is 2.16. The fraction of sp³-hybridized carbons (Fsp3) is 0.444. The van der Waals surface area contributed by atoms with Gasteiger partial charge in [0.25, 0.3) is 0 Å². The number of carbonyl (C=O) groups excluding carboxylic acids is 2. The molecule has 4 heteroatoms. The minimum atomic E-state index is -1.14. The Labute approximate surface area is 133 Å². The van der Waals surface area contributed by atoms with E-state index in [2.05, 4.69) is 17.2 Å². The highest BCUT2D eigenvalue weighted by Gasteiger charge is 2.36. The summed E-state index contributed by atoms with van der Waals surface area (Å²) in [5.74, 6) is -0.610. The summed E-state index contributed by atoms with van der Waals surface area (Å²) in [6.45, 7) is 11.3. The predicted octanol–water partition coefficient (Wildman–Crippen LogP) is 3.08. The molecule has 0 aromatic heterocycles.